The van der Waals surface area contributed by atoms with Gasteiger partial charge in [-0.1, -0.05) is 20.3 Å². The average Bonchev–Trinajstić information content (AvgIpc) is 2.86. The molecule has 1 fully saturated rings. The zero-order chi connectivity index (χ0) is 28.5. The molecule has 3 atom stereocenters. The van der Waals surface area contributed by atoms with Crippen molar-refractivity contribution in [2.24, 2.45) is 17.8 Å². The summed E-state index contributed by atoms with van der Waals surface area (Å²) < 4.78 is 62.7. The largest absolute Gasteiger partial charge is 0.495 e. The van der Waals surface area contributed by atoms with Crippen LogP contribution >= 0.6 is 0 Å². The Morgan fingerprint density at radius 3 is 2.62 bits per heavy atom. The van der Waals surface area contributed by atoms with Crippen LogP contribution in [0.2, 0.25) is 0 Å². The predicted molar refractivity (Wildman–Crippen MR) is 135 cm³/mol. The van der Waals surface area contributed by atoms with Crippen molar-refractivity contribution in [3.8, 4) is 23.0 Å². The third-order valence-corrected chi connectivity index (χ3v) is 7.14. The molecule has 0 radical (unpaired) electrons. The number of carbonyl (C=O) groups excluding carboxylic acids is 2. The van der Waals surface area contributed by atoms with Gasteiger partial charge in [0, 0.05) is 11.1 Å². The number of carbonyl (C=O) groups is 2. The molecule has 212 valence electrons. The van der Waals surface area contributed by atoms with E-state index in [1.807, 2.05) is 13.8 Å². The third-order valence-electron chi connectivity index (χ3n) is 7.14. The second-order valence-electron chi connectivity index (χ2n) is 10.7. The minimum Gasteiger partial charge on any atom is -0.495 e. The fraction of sp³-hybridized carbons (Fsp3) is 0.517. The molecule has 0 spiro atoms. The number of aryl methyl sites for hydroxylation is 1. The average molecular weight is 551 g/mol. The molecule has 10 heteroatoms. The number of halogens is 3. The standard InChI is InChI=1S/C29H33F3O7/c1-15(2)10-21(33)20-8-9-22-24(26(20)36-4)28(35)37-14-18-11-16(3)12-23(25(18)38-22)39-27(34)17-6-5-7-19(13-17)29(30,31)32/h8-9,11-12,15,17,19,21,33H,5-7,10,13-14H2,1-4H3/t17?,19?,21-/m0/s1. The van der Waals surface area contributed by atoms with E-state index in [2.05, 4.69) is 0 Å². The number of alkyl halides is 3. The second-order valence-corrected chi connectivity index (χ2v) is 10.7. The maximum absolute atomic E-state index is 13.3. The summed E-state index contributed by atoms with van der Waals surface area (Å²) in [5.41, 5.74) is 1.48. The summed E-state index contributed by atoms with van der Waals surface area (Å²) >= 11 is 0. The van der Waals surface area contributed by atoms with Crippen molar-refractivity contribution in [2.45, 2.75) is 71.8 Å². The minimum atomic E-state index is -4.37. The van der Waals surface area contributed by atoms with Gasteiger partial charge in [-0.05, 0) is 68.4 Å². The number of rotatable bonds is 6. The van der Waals surface area contributed by atoms with Gasteiger partial charge in [-0.25, -0.2) is 4.79 Å². The van der Waals surface area contributed by atoms with Crippen LogP contribution in [0.4, 0.5) is 13.2 Å². The molecule has 2 aromatic carbocycles. The van der Waals surface area contributed by atoms with Crippen LogP contribution < -0.4 is 14.2 Å². The first kappa shape index (κ1) is 28.7. The van der Waals surface area contributed by atoms with Gasteiger partial charge < -0.3 is 24.1 Å². The van der Waals surface area contributed by atoms with Crippen LogP contribution in [0, 0.1) is 24.7 Å². The van der Waals surface area contributed by atoms with E-state index in [4.69, 9.17) is 18.9 Å². The summed E-state index contributed by atoms with van der Waals surface area (Å²) in [5.74, 6) is -3.43. The van der Waals surface area contributed by atoms with E-state index in [0.717, 1.165) is 0 Å². The maximum atomic E-state index is 13.3. The van der Waals surface area contributed by atoms with Gasteiger partial charge >= 0.3 is 18.1 Å². The summed E-state index contributed by atoms with van der Waals surface area (Å²) in [5, 5.41) is 10.7. The molecular formula is C29H33F3O7. The number of hydrogen-bond donors (Lipinski definition) is 1. The lowest BCUT2D eigenvalue weighted by atomic mass is 9.81. The van der Waals surface area contributed by atoms with Crippen molar-refractivity contribution in [3.05, 3.63) is 46.5 Å². The van der Waals surface area contributed by atoms with Crippen LogP contribution in [0.3, 0.4) is 0 Å². The molecular weight excluding hydrogens is 517 g/mol. The molecule has 1 aliphatic heterocycles. The van der Waals surface area contributed by atoms with Crippen LogP contribution in [0.15, 0.2) is 24.3 Å². The molecule has 2 aromatic rings. The zero-order valence-electron chi connectivity index (χ0n) is 22.4. The van der Waals surface area contributed by atoms with Gasteiger partial charge in [-0.2, -0.15) is 13.2 Å². The fourth-order valence-corrected chi connectivity index (χ4v) is 5.24. The molecule has 0 bridgehead atoms. The molecule has 1 heterocycles. The molecule has 7 nitrogen and oxygen atoms in total. The van der Waals surface area contributed by atoms with Gasteiger partial charge in [0.05, 0.1) is 25.0 Å². The third kappa shape index (κ3) is 6.32. The Labute approximate surface area is 225 Å². The highest BCUT2D eigenvalue weighted by atomic mass is 19.4. The molecule has 0 amide bonds. The van der Waals surface area contributed by atoms with E-state index in [9.17, 15) is 27.9 Å². The highest BCUT2D eigenvalue weighted by molar-refractivity contribution is 5.96. The summed E-state index contributed by atoms with van der Waals surface area (Å²) in [7, 11) is 1.37. The quantitative estimate of drug-likeness (QED) is 0.312. The maximum Gasteiger partial charge on any atom is 0.391 e. The van der Waals surface area contributed by atoms with E-state index in [-0.39, 0.29) is 60.3 Å². The first-order valence-electron chi connectivity index (χ1n) is 13.0. The van der Waals surface area contributed by atoms with E-state index in [1.165, 1.54) is 13.2 Å². The van der Waals surface area contributed by atoms with Gasteiger partial charge in [0.25, 0.3) is 0 Å². The van der Waals surface area contributed by atoms with Crippen LogP contribution in [-0.4, -0.2) is 30.3 Å². The van der Waals surface area contributed by atoms with Gasteiger partial charge in [-0.15, -0.1) is 0 Å². The summed E-state index contributed by atoms with van der Waals surface area (Å²) in [6.45, 7) is 5.46. The monoisotopic (exact) mass is 550 g/mol. The normalized spacial score (nSPS) is 20.1. The number of aliphatic hydroxyl groups excluding tert-OH is 1. The molecule has 1 N–H and O–H groups in total. The van der Waals surface area contributed by atoms with Crippen molar-refractivity contribution >= 4 is 11.9 Å². The van der Waals surface area contributed by atoms with E-state index >= 15 is 0 Å². The van der Waals surface area contributed by atoms with Gasteiger partial charge in [0.1, 0.15) is 23.7 Å². The van der Waals surface area contributed by atoms with Crippen molar-refractivity contribution in [2.75, 3.05) is 7.11 Å². The van der Waals surface area contributed by atoms with Crippen LogP contribution in [0.1, 0.15) is 79.1 Å². The number of benzene rings is 2. The van der Waals surface area contributed by atoms with Gasteiger partial charge in [-0.3, -0.25) is 4.79 Å². The van der Waals surface area contributed by atoms with Crippen molar-refractivity contribution < 1.29 is 46.8 Å². The number of hydrogen-bond acceptors (Lipinski definition) is 7. The van der Waals surface area contributed by atoms with Crippen molar-refractivity contribution in [1.29, 1.82) is 0 Å². The molecule has 0 saturated heterocycles. The van der Waals surface area contributed by atoms with Crippen molar-refractivity contribution in [1.82, 2.24) is 0 Å². The number of cyclic esters (lactones) is 1. The molecule has 1 aliphatic carbocycles. The molecule has 0 aromatic heterocycles. The number of methoxy groups -OCH3 is 1. The molecule has 2 aliphatic rings. The summed E-state index contributed by atoms with van der Waals surface area (Å²) in [4.78, 5) is 26.1. The number of fused-ring (bicyclic) bond motifs is 2. The Morgan fingerprint density at radius 2 is 1.95 bits per heavy atom. The molecule has 2 unspecified atom stereocenters. The number of esters is 2. The van der Waals surface area contributed by atoms with Crippen LogP contribution in [-0.2, 0) is 16.1 Å². The first-order valence-corrected chi connectivity index (χ1v) is 13.0. The van der Waals surface area contributed by atoms with Crippen LogP contribution in [0.25, 0.3) is 0 Å². The first-order chi connectivity index (χ1) is 18.4. The molecule has 1 saturated carbocycles. The smallest absolute Gasteiger partial charge is 0.391 e. The molecule has 39 heavy (non-hydrogen) atoms. The van der Waals surface area contributed by atoms with Gasteiger partial charge in [0.2, 0.25) is 0 Å². The lowest BCUT2D eigenvalue weighted by Gasteiger charge is -2.29. The second kappa shape index (κ2) is 11.5. The summed E-state index contributed by atoms with van der Waals surface area (Å²) in [6, 6.07) is 6.37. The van der Waals surface area contributed by atoms with E-state index in [1.54, 1.807) is 25.1 Å². The highest BCUT2D eigenvalue weighted by Gasteiger charge is 2.44. The van der Waals surface area contributed by atoms with Crippen molar-refractivity contribution in [3.63, 3.8) is 0 Å². The number of ether oxygens (including phenoxy) is 4. The van der Waals surface area contributed by atoms with Crippen LogP contribution in [0.5, 0.6) is 23.0 Å². The Bertz CT molecular complexity index is 1240. The Hall–Kier alpha value is -3.27. The predicted octanol–water partition coefficient (Wildman–Crippen LogP) is 6.82. The lowest BCUT2D eigenvalue weighted by molar-refractivity contribution is -0.187. The highest BCUT2D eigenvalue weighted by Crippen LogP contribution is 2.46. The van der Waals surface area contributed by atoms with E-state index < -0.39 is 36.1 Å². The van der Waals surface area contributed by atoms with E-state index in [0.29, 0.717) is 29.5 Å². The number of aliphatic hydroxyl groups is 1. The topological polar surface area (TPSA) is 91.3 Å². The lowest BCUT2D eigenvalue weighted by Crippen LogP contribution is -2.33. The molecule has 4 rings (SSSR count). The van der Waals surface area contributed by atoms with Gasteiger partial charge in [0.15, 0.2) is 11.5 Å². The Morgan fingerprint density at radius 1 is 1.21 bits per heavy atom. The Balaban J connectivity index is 1.69. The summed E-state index contributed by atoms with van der Waals surface area (Å²) in [6.07, 6.45) is -4.57. The SMILES string of the molecule is COc1c([C@@H](O)CC(C)C)ccc2c1C(=O)OCc1cc(C)cc(OC(=O)C3CCCC(C(F)(F)F)C3)c1O2. The fourth-order valence-electron chi connectivity index (χ4n) is 5.24. The minimum absolute atomic E-state index is 0.00588. The zero-order valence-corrected chi connectivity index (χ0v) is 22.4. The Kier molecular flexibility index (Phi) is 8.44.